The van der Waals surface area contributed by atoms with Crippen molar-refractivity contribution in [1.29, 1.82) is 0 Å². The molecule has 0 N–H and O–H groups in total. The van der Waals surface area contributed by atoms with Gasteiger partial charge in [-0.2, -0.15) is 0 Å². The minimum absolute atomic E-state index is 0.330. The van der Waals surface area contributed by atoms with Crippen LogP contribution in [0.1, 0.15) is 18.1 Å². The molecule has 2 rings (SSSR count). The second kappa shape index (κ2) is 6.44. The van der Waals surface area contributed by atoms with Gasteiger partial charge in [0.1, 0.15) is 5.75 Å². The van der Waals surface area contributed by atoms with Gasteiger partial charge >= 0.3 is 6.09 Å². The van der Waals surface area contributed by atoms with E-state index in [1.807, 2.05) is 25.1 Å². The van der Waals surface area contributed by atoms with Gasteiger partial charge in [0.25, 0.3) is 0 Å². The fourth-order valence-corrected chi connectivity index (χ4v) is 2.23. The quantitative estimate of drug-likeness (QED) is 0.790. The highest BCUT2D eigenvalue weighted by molar-refractivity contribution is 5.70. The second-order valence-corrected chi connectivity index (χ2v) is 4.98. The van der Waals surface area contributed by atoms with Crippen molar-refractivity contribution in [3.8, 4) is 18.1 Å². The van der Waals surface area contributed by atoms with E-state index < -0.39 is 0 Å². The summed E-state index contributed by atoms with van der Waals surface area (Å²) in [5, 5.41) is 0. The number of ether oxygens (including phenoxy) is 1. The summed E-state index contributed by atoms with van der Waals surface area (Å²) < 4.78 is 5.36. The molecule has 0 aliphatic carbocycles. The summed E-state index contributed by atoms with van der Waals surface area (Å²) in [6.45, 7) is 4.98. The molecule has 0 radical (unpaired) electrons. The van der Waals surface area contributed by atoms with E-state index in [-0.39, 0.29) is 6.09 Å². The molecule has 0 fully saturated rings. The van der Waals surface area contributed by atoms with Crippen molar-refractivity contribution in [3.63, 3.8) is 0 Å². The van der Waals surface area contributed by atoms with Gasteiger partial charge in [0, 0.05) is 26.7 Å². The van der Waals surface area contributed by atoms with E-state index in [1.165, 1.54) is 16.0 Å². The predicted molar refractivity (Wildman–Crippen MR) is 78.6 cm³/mol. The number of fused-ring (bicyclic) bond motifs is 1. The lowest BCUT2D eigenvalue weighted by atomic mass is 9.99. The van der Waals surface area contributed by atoms with Crippen LogP contribution in [0.3, 0.4) is 0 Å². The van der Waals surface area contributed by atoms with E-state index in [4.69, 9.17) is 11.2 Å². The number of hydrogen-bond acceptors (Lipinski definition) is 3. The fraction of sp³-hybridized carbons (Fsp3) is 0.438. The van der Waals surface area contributed by atoms with Crippen molar-refractivity contribution in [2.24, 2.45) is 0 Å². The summed E-state index contributed by atoms with van der Waals surface area (Å²) in [7, 11) is 1.72. The van der Waals surface area contributed by atoms with Crippen molar-refractivity contribution >= 4 is 6.09 Å². The zero-order valence-electron chi connectivity index (χ0n) is 12.1. The molecule has 1 amide bonds. The van der Waals surface area contributed by atoms with Gasteiger partial charge in [0.05, 0.1) is 6.54 Å². The summed E-state index contributed by atoms with van der Waals surface area (Å²) in [5.74, 6) is 3.27. The van der Waals surface area contributed by atoms with Gasteiger partial charge in [-0.3, -0.25) is 4.90 Å². The molecular formula is C16H20N2O2. The van der Waals surface area contributed by atoms with Crippen LogP contribution >= 0.6 is 0 Å². The van der Waals surface area contributed by atoms with Gasteiger partial charge in [-0.25, -0.2) is 4.79 Å². The lowest BCUT2D eigenvalue weighted by molar-refractivity contribution is 0.165. The van der Waals surface area contributed by atoms with Crippen LogP contribution in [0.5, 0.6) is 5.75 Å². The first-order valence-corrected chi connectivity index (χ1v) is 6.84. The molecular weight excluding hydrogens is 252 g/mol. The van der Waals surface area contributed by atoms with Crippen LogP contribution in [-0.2, 0) is 13.0 Å². The molecule has 4 nitrogen and oxygen atoms in total. The topological polar surface area (TPSA) is 32.8 Å². The minimum Gasteiger partial charge on any atom is -0.410 e. The third kappa shape index (κ3) is 3.31. The van der Waals surface area contributed by atoms with E-state index >= 15 is 0 Å². The standard InChI is InChI=1S/C16H20N2O2/c1-4-9-18-10-8-13-6-7-15(11-14(13)12-18)20-16(19)17(3)5-2/h1,6-7,11H,5,8-10,12H2,2-3H3. The molecule has 0 aromatic heterocycles. The first-order valence-electron chi connectivity index (χ1n) is 6.84. The average Bonchev–Trinajstić information content (AvgIpc) is 2.46. The van der Waals surface area contributed by atoms with Crippen LogP contribution in [-0.4, -0.2) is 42.6 Å². The number of hydrogen-bond donors (Lipinski definition) is 0. The third-order valence-electron chi connectivity index (χ3n) is 3.58. The molecule has 1 heterocycles. The molecule has 106 valence electrons. The average molecular weight is 272 g/mol. The summed E-state index contributed by atoms with van der Waals surface area (Å²) >= 11 is 0. The molecule has 1 aromatic carbocycles. The van der Waals surface area contributed by atoms with Crippen molar-refractivity contribution in [1.82, 2.24) is 9.80 Å². The Bertz CT molecular complexity index is 534. The van der Waals surface area contributed by atoms with Crippen LogP contribution in [0.25, 0.3) is 0 Å². The smallest absolute Gasteiger partial charge is 0.410 e. The number of rotatable bonds is 3. The van der Waals surface area contributed by atoms with Crippen LogP contribution in [0, 0.1) is 12.3 Å². The molecule has 20 heavy (non-hydrogen) atoms. The Morgan fingerprint density at radius 2 is 2.30 bits per heavy atom. The Morgan fingerprint density at radius 1 is 1.50 bits per heavy atom. The monoisotopic (exact) mass is 272 g/mol. The normalized spacial score (nSPS) is 14.2. The van der Waals surface area contributed by atoms with Crippen molar-refractivity contribution in [3.05, 3.63) is 29.3 Å². The number of carbonyl (C=O) groups excluding carboxylic acids is 1. The first kappa shape index (κ1) is 14.4. The van der Waals surface area contributed by atoms with Crippen molar-refractivity contribution in [2.45, 2.75) is 19.9 Å². The van der Waals surface area contributed by atoms with Crippen LogP contribution in [0.15, 0.2) is 18.2 Å². The van der Waals surface area contributed by atoms with Gasteiger partial charge < -0.3 is 9.64 Å². The highest BCUT2D eigenvalue weighted by atomic mass is 16.6. The van der Waals surface area contributed by atoms with E-state index in [2.05, 4.69) is 10.8 Å². The summed E-state index contributed by atoms with van der Waals surface area (Å²) in [6, 6.07) is 5.84. The van der Waals surface area contributed by atoms with E-state index in [0.717, 1.165) is 19.5 Å². The summed E-state index contributed by atoms with van der Waals surface area (Å²) in [6.07, 6.45) is 6.01. The fourth-order valence-electron chi connectivity index (χ4n) is 2.23. The van der Waals surface area contributed by atoms with Gasteiger partial charge in [-0.05, 0) is 36.6 Å². The Morgan fingerprint density at radius 3 is 3.00 bits per heavy atom. The molecule has 1 aliphatic heterocycles. The van der Waals surface area contributed by atoms with E-state index in [0.29, 0.717) is 18.8 Å². The van der Waals surface area contributed by atoms with Gasteiger partial charge in [-0.15, -0.1) is 6.42 Å². The zero-order valence-corrected chi connectivity index (χ0v) is 12.1. The molecule has 0 unspecified atom stereocenters. The molecule has 0 saturated carbocycles. The summed E-state index contributed by atoms with van der Waals surface area (Å²) in [4.78, 5) is 15.5. The third-order valence-corrected chi connectivity index (χ3v) is 3.58. The number of carbonyl (C=O) groups is 1. The lowest BCUT2D eigenvalue weighted by Crippen LogP contribution is -2.31. The lowest BCUT2D eigenvalue weighted by Gasteiger charge is -2.27. The highest BCUT2D eigenvalue weighted by Gasteiger charge is 2.17. The van der Waals surface area contributed by atoms with E-state index in [1.54, 1.807) is 7.05 Å². The van der Waals surface area contributed by atoms with Gasteiger partial charge in [0.2, 0.25) is 0 Å². The Hall–Kier alpha value is -1.99. The first-order chi connectivity index (χ1) is 9.63. The highest BCUT2D eigenvalue weighted by Crippen LogP contribution is 2.24. The minimum atomic E-state index is -0.330. The van der Waals surface area contributed by atoms with Crippen molar-refractivity contribution < 1.29 is 9.53 Å². The number of terminal acetylenes is 1. The molecule has 1 aliphatic rings. The maximum Gasteiger partial charge on any atom is 0.414 e. The predicted octanol–water partition coefficient (Wildman–Crippen LogP) is 2.13. The maximum atomic E-state index is 11.7. The number of nitrogens with zero attached hydrogens (tertiary/aromatic N) is 2. The van der Waals surface area contributed by atoms with Crippen molar-refractivity contribution in [2.75, 3.05) is 26.7 Å². The Kier molecular flexibility index (Phi) is 4.65. The molecule has 0 atom stereocenters. The van der Waals surface area contributed by atoms with Gasteiger partial charge in [0.15, 0.2) is 0 Å². The number of benzene rings is 1. The van der Waals surface area contributed by atoms with Crippen LogP contribution in [0.2, 0.25) is 0 Å². The molecule has 0 bridgehead atoms. The SMILES string of the molecule is C#CCN1CCc2ccc(OC(=O)N(C)CC)cc2C1. The molecule has 1 aromatic rings. The molecule has 0 spiro atoms. The second-order valence-electron chi connectivity index (χ2n) is 4.98. The zero-order chi connectivity index (χ0) is 14.5. The van der Waals surface area contributed by atoms with Gasteiger partial charge in [-0.1, -0.05) is 12.0 Å². The Balaban J connectivity index is 2.09. The molecule has 4 heteroatoms. The summed E-state index contributed by atoms with van der Waals surface area (Å²) in [5.41, 5.74) is 2.50. The molecule has 0 saturated heterocycles. The largest absolute Gasteiger partial charge is 0.414 e. The Labute approximate surface area is 120 Å². The maximum absolute atomic E-state index is 11.7. The van der Waals surface area contributed by atoms with Crippen LogP contribution in [0.4, 0.5) is 4.79 Å². The van der Waals surface area contributed by atoms with Crippen LogP contribution < -0.4 is 4.74 Å². The number of amides is 1. The van der Waals surface area contributed by atoms with E-state index in [9.17, 15) is 4.79 Å².